The lowest BCUT2D eigenvalue weighted by Gasteiger charge is -2.59. The zero-order valence-corrected chi connectivity index (χ0v) is 16.2. The van der Waals surface area contributed by atoms with Gasteiger partial charge in [-0.15, -0.1) is 0 Å². The number of amides is 1. The summed E-state index contributed by atoms with van der Waals surface area (Å²) in [5.41, 5.74) is 1.12. The fraction of sp³-hybridized carbons (Fsp3) is 0.565. The van der Waals surface area contributed by atoms with E-state index in [2.05, 4.69) is 18.3 Å². The van der Waals surface area contributed by atoms with Crippen molar-refractivity contribution in [3.05, 3.63) is 29.3 Å². The van der Waals surface area contributed by atoms with Gasteiger partial charge in [-0.25, -0.2) is 0 Å². The van der Waals surface area contributed by atoms with Gasteiger partial charge in [0.1, 0.15) is 11.6 Å². The van der Waals surface area contributed by atoms with Crippen LogP contribution in [0.2, 0.25) is 0 Å². The van der Waals surface area contributed by atoms with Crippen molar-refractivity contribution in [1.82, 2.24) is 5.32 Å². The molecular weight excluding hydrogens is 352 g/mol. The number of fused-ring (bicyclic) bond motifs is 1. The SMILES string of the molecule is CC(NC(=O)/C(C#N)=C\c1ccc2c(c1)OCO2)C12CC3CC(CC(C3)C1)C2. The second-order valence-corrected chi connectivity index (χ2v) is 9.26. The zero-order chi connectivity index (χ0) is 19.3. The van der Waals surface area contributed by atoms with Crippen molar-refractivity contribution in [2.75, 3.05) is 6.79 Å². The molecule has 1 aromatic rings. The predicted molar refractivity (Wildman–Crippen MR) is 104 cm³/mol. The van der Waals surface area contributed by atoms with Gasteiger partial charge in [-0.3, -0.25) is 4.79 Å². The molecule has 1 amide bonds. The van der Waals surface area contributed by atoms with E-state index in [-0.39, 0.29) is 29.7 Å². The van der Waals surface area contributed by atoms with Crippen LogP contribution in [0.25, 0.3) is 6.08 Å². The minimum absolute atomic E-state index is 0.0990. The Kier molecular flexibility index (Phi) is 4.12. The highest BCUT2D eigenvalue weighted by Crippen LogP contribution is 2.61. The highest BCUT2D eigenvalue weighted by Gasteiger charge is 2.53. The smallest absolute Gasteiger partial charge is 0.262 e. The molecule has 6 rings (SSSR count). The first kappa shape index (κ1) is 17.6. The van der Waals surface area contributed by atoms with Crippen LogP contribution in [0, 0.1) is 34.5 Å². The third kappa shape index (κ3) is 2.96. The summed E-state index contributed by atoms with van der Waals surface area (Å²) in [5.74, 6) is 3.58. The van der Waals surface area contributed by atoms with Crippen molar-refractivity contribution >= 4 is 12.0 Å². The largest absolute Gasteiger partial charge is 0.454 e. The first-order chi connectivity index (χ1) is 13.5. The molecule has 0 aromatic heterocycles. The summed E-state index contributed by atoms with van der Waals surface area (Å²) in [6.45, 7) is 2.34. The van der Waals surface area contributed by atoms with E-state index in [0.717, 1.165) is 23.3 Å². The van der Waals surface area contributed by atoms with Crippen LogP contribution in [-0.2, 0) is 4.79 Å². The fourth-order valence-electron chi connectivity index (χ4n) is 6.45. The molecule has 146 valence electrons. The Labute approximate surface area is 165 Å². The quantitative estimate of drug-likeness (QED) is 0.634. The highest BCUT2D eigenvalue weighted by molar-refractivity contribution is 6.01. The van der Waals surface area contributed by atoms with E-state index in [4.69, 9.17) is 9.47 Å². The monoisotopic (exact) mass is 378 g/mol. The molecule has 5 nitrogen and oxygen atoms in total. The number of hydrogen-bond acceptors (Lipinski definition) is 4. The average Bonchev–Trinajstić information content (AvgIpc) is 3.12. The van der Waals surface area contributed by atoms with E-state index < -0.39 is 0 Å². The summed E-state index contributed by atoms with van der Waals surface area (Å²) in [6, 6.07) is 7.61. The molecule has 1 atom stereocenters. The van der Waals surface area contributed by atoms with Crippen LogP contribution < -0.4 is 14.8 Å². The Morgan fingerprint density at radius 1 is 1.18 bits per heavy atom. The molecule has 1 aromatic carbocycles. The highest BCUT2D eigenvalue weighted by atomic mass is 16.7. The zero-order valence-electron chi connectivity index (χ0n) is 16.2. The number of ether oxygens (including phenoxy) is 2. The standard InChI is InChI=1S/C23H26N2O3/c1-14(23-9-16-4-17(10-23)6-18(5-16)11-23)25-22(26)19(12-24)7-15-2-3-20-21(8-15)28-13-27-20/h2-3,7-8,14,16-18H,4-6,9-11,13H2,1H3,(H,25,26)/b19-7-. The van der Waals surface area contributed by atoms with E-state index in [1.54, 1.807) is 18.2 Å². The Morgan fingerprint density at radius 3 is 2.46 bits per heavy atom. The van der Waals surface area contributed by atoms with Crippen molar-refractivity contribution in [2.45, 2.75) is 51.5 Å². The molecule has 28 heavy (non-hydrogen) atoms. The molecule has 5 heteroatoms. The Bertz CT molecular complexity index is 847. The molecule has 0 saturated heterocycles. The van der Waals surface area contributed by atoms with E-state index in [1.807, 2.05) is 6.07 Å². The first-order valence-corrected chi connectivity index (χ1v) is 10.4. The van der Waals surface area contributed by atoms with E-state index in [1.165, 1.54) is 38.5 Å². The maximum atomic E-state index is 12.9. The summed E-state index contributed by atoms with van der Waals surface area (Å²) < 4.78 is 10.7. The third-order valence-electron chi connectivity index (χ3n) is 7.42. The van der Waals surface area contributed by atoms with Gasteiger partial charge in [-0.2, -0.15) is 5.26 Å². The fourth-order valence-corrected chi connectivity index (χ4v) is 6.45. The third-order valence-corrected chi connectivity index (χ3v) is 7.42. The predicted octanol–water partition coefficient (Wildman–Crippen LogP) is 4.04. The van der Waals surface area contributed by atoms with Crippen LogP contribution in [0.4, 0.5) is 0 Å². The van der Waals surface area contributed by atoms with E-state index in [9.17, 15) is 10.1 Å². The van der Waals surface area contributed by atoms with Gasteiger partial charge >= 0.3 is 0 Å². The number of rotatable bonds is 4. The lowest BCUT2D eigenvalue weighted by molar-refractivity contribution is -0.121. The molecule has 4 fully saturated rings. The van der Waals surface area contributed by atoms with Gasteiger partial charge in [-0.05, 0) is 92.4 Å². The lowest BCUT2D eigenvalue weighted by Crippen LogP contribution is -2.55. The molecule has 1 heterocycles. The minimum atomic E-state index is -0.275. The Balaban J connectivity index is 1.32. The minimum Gasteiger partial charge on any atom is -0.454 e. The van der Waals surface area contributed by atoms with Crippen LogP contribution in [-0.4, -0.2) is 18.7 Å². The normalized spacial score (nSPS) is 33.4. The molecule has 4 saturated carbocycles. The van der Waals surface area contributed by atoms with Crippen molar-refractivity contribution < 1.29 is 14.3 Å². The second-order valence-electron chi connectivity index (χ2n) is 9.26. The van der Waals surface area contributed by atoms with Gasteiger partial charge in [0.25, 0.3) is 5.91 Å². The molecular formula is C23H26N2O3. The number of carbonyl (C=O) groups excluding carboxylic acids is 1. The van der Waals surface area contributed by atoms with Gasteiger partial charge in [0, 0.05) is 6.04 Å². The number of nitriles is 1. The van der Waals surface area contributed by atoms with Crippen molar-refractivity contribution in [1.29, 1.82) is 5.26 Å². The maximum Gasteiger partial charge on any atom is 0.262 e. The van der Waals surface area contributed by atoms with Crippen LogP contribution in [0.5, 0.6) is 11.5 Å². The van der Waals surface area contributed by atoms with E-state index in [0.29, 0.717) is 11.5 Å². The summed E-state index contributed by atoms with van der Waals surface area (Å²) >= 11 is 0. The summed E-state index contributed by atoms with van der Waals surface area (Å²) in [6.07, 6.45) is 9.47. The molecule has 1 unspecified atom stereocenters. The number of nitrogens with zero attached hydrogens (tertiary/aromatic N) is 1. The van der Waals surface area contributed by atoms with Crippen LogP contribution >= 0.6 is 0 Å². The Hall–Kier alpha value is -2.48. The van der Waals surface area contributed by atoms with Crippen molar-refractivity contribution in [3.63, 3.8) is 0 Å². The number of hydrogen-bond donors (Lipinski definition) is 1. The lowest BCUT2D eigenvalue weighted by atomic mass is 9.48. The van der Waals surface area contributed by atoms with Crippen molar-refractivity contribution in [3.8, 4) is 17.6 Å². The van der Waals surface area contributed by atoms with Gasteiger partial charge in [0.2, 0.25) is 6.79 Å². The summed E-state index contributed by atoms with van der Waals surface area (Å²) in [4.78, 5) is 12.9. The summed E-state index contributed by atoms with van der Waals surface area (Å²) in [7, 11) is 0. The average molecular weight is 378 g/mol. The number of benzene rings is 1. The first-order valence-electron chi connectivity index (χ1n) is 10.4. The molecule has 1 aliphatic heterocycles. The molecule has 0 radical (unpaired) electrons. The van der Waals surface area contributed by atoms with Gasteiger partial charge in [0.15, 0.2) is 11.5 Å². The number of carbonyl (C=O) groups is 1. The molecule has 4 bridgehead atoms. The Morgan fingerprint density at radius 2 is 1.82 bits per heavy atom. The van der Waals surface area contributed by atoms with Crippen LogP contribution in [0.15, 0.2) is 23.8 Å². The summed E-state index contributed by atoms with van der Waals surface area (Å²) in [5, 5.41) is 12.7. The van der Waals surface area contributed by atoms with Gasteiger partial charge in [0.05, 0.1) is 0 Å². The number of nitrogens with one attached hydrogen (secondary N) is 1. The molecule has 0 spiro atoms. The molecule has 5 aliphatic rings. The van der Waals surface area contributed by atoms with Crippen LogP contribution in [0.3, 0.4) is 0 Å². The molecule has 1 N–H and O–H groups in total. The van der Waals surface area contributed by atoms with Gasteiger partial charge in [-0.1, -0.05) is 6.07 Å². The molecule has 4 aliphatic carbocycles. The van der Waals surface area contributed by atoms with Crippen molar-refractivity contribution in [2.24, 2.45) is 23.2 Å². The van der Waals surface area contributed by atoms with E-state index >= 15 is 0 Å². The van der Waals surface area contributed by atoms with Gasteiger partial charge < -0.3 is 14.8 Å². The topological polar surface area (TPSA) is 71.4 Å². The maximum absolute atomic E-state index is 12.9. The van der Waals surface area contributed by atoms with Crippen LogP contribution in [0.1, 0.15) is 51.0 Å². The second kappa shape index (κ2) is 6.55.